The van der Waals surface area contributed by atoms with E-state index in [1.54, 1.807) is 0 Å². The van der Waals surface area contributed by atoms with Gasteiger partial charge in [0.25, 0.3) is 0 Å². The molecule has 2 atom stereocenters. The van der Waals surface area contributed by atoms with E-state index in [9.17, 15) is 0 Å². The van der Waals surface area contributed by atoms with E-state index in [1.807, 2.05) is 0 Å². The lowest BCUT2D eigenvalue weighted by Gasteiger charge is -2.42. The first-order valence-corrected chi connectivity index (χ1v) is 5.66. The molecule has 0 aromatic heterocycles. The highest BCUT2D eigenvalue weighted by Crippen LogP contribution is 2.44. The Morgan fingerprint density at radius 2 is 2.00 bits per heavy atom. The first-order chi connectivity index (χ1) is 5.96. The van der Waals surface area contributed by atoms with Crippen molar-refractivity contribution < 1.29 is 0 Å². The van der Waals surface area contributed by atoms with Crippen molar-refractivity contribution in [3.05, 3.63) is 0 Å². The molecule has 0 aromatic carbocycles. The van der Waals surface area contributed by atoms with Crippen molar-refractivity contribution in [1.29, 1.82) is 0 Å². The second-order valence-electron chi connectivity index (χ2n) is 5.81. The Balaban J connectivity index is 2.63. The molecule has 0 spiro atoms. The summed E-state index contributed by atoms with van der Waals surface area (Å²) < 4.78 is 0. The van der Waals surface area contributed by atoms with Crippen LogP contribution in [0.2, 0.25) is 0 Å². The van der Waals surface area contributed by atoms with Crippen LogP contribution in [0.15, 0.2) is 0 Å². The fourth-order valence-corrected chi connectivity index (χ4v) is 2.77. The second kappa shape index (κ2) is 4.00. The van der Waals surface area contributed by atoms with Gasteiger partial charge in [0, 0.05) is 0 Å². The Morgan fingerprint density at radius 1 is 1.38 bits per heavy atom. The summed E-state index contributed by atoms with van der Waals surface area (Å²) in [6, 6.07) is 0. The maximum absolute atomic E-state index is 5.82. The molecule has 13 heavy (non-hydrogen) atoms. The largest absolute Gasteiger partial charge is 0.330 e. The van der Waals surface area contributed by atoms with Crippen LogP contribution in [0.5, 0.6) is 0 Å². The highest BCUT2D eigenvalue weighted by atomic mass is 14.6. The van der Waals surface area contributed by atoms with E-state index in [2.05, 4.69) is 27.7 Å². The van der Waals surface area contributed by atoms with Gasteiger partial charge in [-0.2, -0.15) is 0 Å². The van der Waals surface area contributed by atoms with E-state index in [0.717, 1.165) is 24.3 Å². The maximum Gasteiger partial charge on any atom is -0.00461 e. The molecule has 1 nitrogen and oxygen atoms in total. The smallest absolute Gasteiger partial charge is 0.00461 e. The van der Waals surface area contributed by atoms with Gasteiger partial charge >= 0.3 is 0 Å². The first-order valence-electron chi connectivity index (χ1n) is 5.66. The highest BCUT2D eigenvalue weighted by Gasteiger charge is 2.35. The third kappa shape index (κ3) is 2.70. The van der Waals surface area contributed by atoms with Crippen LogP contribution in [-0.4, -0.2) is 6.54 Å². The van der Waals surface area contributed by atoms with Crippen LogP contribution < -0.4 is 5.73 Å². The molecule has 1 saturated carbocycles. The van der Waals surface area contributed by atoms with Crippen LogP contribution >= 0.6 is 0 Å². The summed E-state index contributed by atoms with van der Waals surface area (Å²) in [6.45, 7) is 10.4. The third-order valence-electron chi connectivity index (χ3n) is 3.74. The van der Waals surface area contributed by atoms with E-state index in [0.29, 0.717) is 5.41 Å². The molecule has 0 saturated heterocycles. The summed E-state index contributed by atoms with van der Waals surface area (Å²) in [5.41, 5.74) is 6.38. The molecule has 0 radical (unpaired) electrons. The molecule has 0 aliphatic heterocycles. The molecule has 1 heteroatoms. The van der Waals surface area contributed by atoms with Crippen LogP contribution in [-0.2, 0) is 0 Å². The van der Waals surface area contributed by atoms with Gasteiger partial charge in [-0.05, 0) is 49.0 Å². The Kier molecular flexibility index (Phi) is 3.39. The van der Waals surface area contributed by atoms with Gasteiger partial charge in [0.1, 0.15) is 0 Å². The van der Waals surface area contributed by atoms with Crippen molar-refractivity contribution in [3.63, 3.8) is 0 Å². The summed E-state index contributed by atoms with van der Waals surface area (Å²) in [6.07, 6.45) is 4.07. The minimum absolute atomic E-state index is 0.556. The standard InChI is InChI=1S/C12H25N/c1-9(2)11-7-12(3,4)6-5-10(11)8-13/h9-11H,5-8,13H2,1-4H3. The summed E-state index contributed by atoms with van der Waals surface area (Å²) in [4.78, 5) is 0. The highest BCUT2D eigenvalue weighted by molar-refractivity contribution is 4.86. The Bertz CT molecular complexity index is 161. The number of rotatable bonds is 2. The molecule has 1 fully saturated rings. The first kappa shape index (κ1) is 11.0. The molecule has 2 N–H and O–H groups in total. The second-order valence-corrected chi connectivity index (χ2v) is 5.81. The van der Waals surface area contributed by atoms with Gasteiger partial charge in [0.05, 0.1) is 0 Å². The zero-order chi connectivity index (χ0) is 10.1. The van der Waals surface area contributed by atoms with Crippen molar-refractivity contribution in [2.24, 2.45) is 28.9 Å². The van der Waals surface area contributed by atoms with E-state index in [1.165, 1.54) is 19.3 Å². The SMILES string of the molecule is CC(C)C1CC(C)(C)CCC1CN. The van der Waals surface area contributed by atoms with Crippen molar-refractivity contribution in [2.75, 3.05) is 6.54 Å². The van der Waals surface area contributed by atoms with E-state index in [-0.39, 0.29) is 0 Å². The minimum Gasteiger partial charge on any atom is -0.330 e. The molecule has 0 bridgehead atoms. The average molecular weight is 183 g/mol. The normalized spacial score (nSPS) is 33.7. The molecule has 0 amide bonds. The van der Waals surface area contributed by atoms with E-state index >= 15 is 0 Å². The van der Waals surface area contributed by atoms with E-state index < -0.39 is 0 Å². The molecule has 2 unspecified atom stereocenters. The molecule has 1 rings (SSSR count). The molecular formula is C12H25N. The average Bonchev–Trinajstić information content (AvgIpc) is 2.03. The van der Waals surface area contributed by atoms with Crippen molar-refractivity contribution >= 4 is 0 Å². The fraction of sp³-hybridized carbons (Fsp3) is 1.00. The van der Waals surface area contributed by atoms with Crippen LogP contribution in [0, 0.1) is 23.2 Å². The topological polar surface area (TPSA) is 26.0 Å². The van der Waals surface area contributed by atoms with Crippen molar-refractivity contribution in [2.45, 2.75) is 47.0 Å². The van der Waals surface area contributed by atoms with Gasteiger partial charge in [-0.25, -0.2) is 0 Å². The minimum atomic E-state index is 0.556. The summed E-state index contributed by atoms with van der Waals surface area (Å²) in [5.74, 6) is 2.44. The van der Waals surface area contributed by atoms with Gasteiger partial charge in [-0.3, -0.25) is 0 Å². The van der Waals surface area contributed by atoms with Crippen LogP contribution in [0.3, 0.4) is 0 Å². The van der Waals surface area contributed by atoms with Crippen molar-refractivity contribution in [1.82, 2.24) is 0 Å². The number of nitrogens with two attached hydrogens (primary N) is 1. The molecule has 78 valence electrons. The molecule has 0 heterocycles. The number of hydrogen-bond donors (Lipinski definition) is 1. The third-order valence-corrected chi connectivity index (χ3v) is 3.74. The van der Waals surface area contributed by atoms with Gasteiger partial charge < -0.3 is 5.73 Å². The summed E-state index contributed by atoms with van der Waals surface area (Å²) in [7, 11) is 0. The van der Waals surface area contributed by atoms with Gasteiger partial charge in [0.15, 0.2) is 0 Å². The number of hydrogen-bond acceptors (Lipinski definition) is 1. The molecule has 1 aliphatic rings. The van der Waals surface area contributed by atoms with Gasteiger partial charge in [0.2, 0.25) is 0 Å². The lowest BCUT2D eigenvalue weighted by molar-refractivity contribution is 0.0893. The fourth-order valence-electron chi connectivity index (χ4n) is 2.77. The lowest BCUT2D eigenvalue weighted by Crippen LogP contribution is -2.36. The predicted molar refractivity (Wildman–Crippen MR) is 58.5 cm³/mol. The monoisotopic (exact) mass is 183 g/mol. The molecule has 0 aromatic rings. The summed E-state index contributed by atoms with van der Waals surface area (Å²) in [5, 5.41) is 0. The van der Waals surface area contributed by atoms with E-state index in [4.69, 9.17) is 5.73 Å². The van der Waals surface area contributed by atoms with Gasteiger partial charge in [-0.1, -0.05) is 27.7 Å². The quantitative estimate of drug-likeness (QED) is 0.699. The predicted octanol–water partition coefficient (Wildman–Crippen LogP) is 3.04. The Labute approximate surface area is 83.1 Å². The molecular weight excluding hydrogens is 158 g/mol. The van der Waals surface area contributed by atoms with Crippen LogP contribution in [0.1, 0.15) is 47.0 Å². The Hall–Kier alpha value is -0.0400. The molecule has 1 aliphatic carbocycles. The van der Waals surface area contributed by atoms with Gasteiger partial charge in [-0.15, -0.1) is 0 Å². The zero-order valence-electron chi connectivity index (χ0n) is 9.64. The maximum atomic E-state index is 5.82. The summed E-state index contributed by atoms with van der Waals surface area (Å²) >= 11 is 0. The Morgan fingerprint density at radius 3 is 2.46 bits per heavy atom. The van der Waals surface area contributed by atoms with Crippen LogP contribution in [0.4, 0.5) is 0 Å². The lowest BCUT2D eigenvalue weighted by atomic mass is 9.64. The van der Waals surface area contributed by atoms with Crippen molar-refractivity contribution in [3.8, 4) is 0 Å². The zero-order valence-corrected chi connectivity index (χ0v) is 9.64. The van der Waals surface area contributed by atoms with Crippen LogP contribution in [0.25, 0.3) is 0 Å².